The minimum absolute atomic E-state index is 0.197. The minimum Gasteiger partial charge on any atom is -0.493 e. The first kappa shape index (κ1) is 24.1. The second-order valence-corrected chi connectivity index (χ2v) is 9.72. The first-order chi connectivity index (χ1) is 15.9. The first-order valence-electron chi connectivity index (χ1n) is 9.57. The lowest BCUT2D eigenvalue weighted by atomic mass is 10.1. The Hall–Kier alpha value is -2.07. The van der Waals surface area contributed by atoms with Gasteiger partial charge in [-0.05, 0) is 92.1 Å². The van der Waals surface area contributed by atoms with E-state index in [0.717, 1.165) is 19.2 Å². The van der Waals surface area contributed by atoms with Crippen LogP contribution in [0.5, 0.6) is 11.5 Å². The van der Waals surface area contributed by atoms with Crippen molar-refractivity contribution >= 4 is 79.7 Å². The van der Waals surface area contributed by atoms with Gasteiger partial charge in [0.25, 0.3) is 0 Å². The zero-order chi connectivity index (χ0) is 23.5. The van der Waals surface area contributed by atoms with Gasteiger partial charge in [-0.2, -0.15) is 0 Å². The molecule has 9 heteroatoms. The van der Waals surface area contributed by atoms with Gasteiger partial charge >= 0.3 is 5.97 Å². The predicted molar refractivity (Wildman–Crippen MR) is 141 cm³/mol. The third-order valence-corrected chi connectivity index (χ3v) is 6.88. The molecule has 0 saturated carbocycles. The van der Waals surface area contributed by atoms with Crippen molar-refractivity contribution in [2.45, 2.75) is 6.61 Å². The normalized spacial score (nSPS) is 14.3. The number of aliphatic imine (C=N–C) groups is 1. The number of cyclic esters (lactones) is 1. The van der Waals surface area contributed by atoms with Gasteiger partial charge in [-0.25, -0.2) is 9.79 Å². The molecular formula is C24H15BrCl2INO4. The molecule has 168 valence electrons. The Labute approximate surface area is 222 Å². The molecule has 5 nitrogen and oxygen atoms in total. The Morgan fingerprint density at radius 1 is 1.12 bits per heavy atom. The molecular weight excluding hydrogens is 644 g/mol. The van der Waals surface area contributed by atoms with Gasteiger partial charge in [0.15, 0.2) is 17.2 Å². The summed E-state index contributed by atoms with van der Waals surface area (Å²) in [6, 6.07) is 16.4. The lowest BCUT2D eigenvalue weighted by Crippen LogP contribution is -2.05. The molecule has 1 aliphatic heterocycles. The molecule has 0 unspecified atom stereocenters. The summed E-state index contributed by atoms with van der Waals surface area (Å²) in [6.45, 7) is 0.287. The number of halogens is 4. The molecule has 1 heterocycles. The van der Waals surface area contributed by atoms with Crippen LogP contribution < -0.4 is 9.47 Å². The van der Waals surface area contributed by atoms with Crippen molar-refractivity contribution in [3.8, 4) is 11.5 Å². The van der Waals surface area contributed by atoms with Crippen molar-refractivity contribution in [3.05, 3.63) is 95.1 Å². The number of rotatable bonds is 6. The quantitative estimate of drug-likeness (QED) is 0.159. The molecule has 0 spiro atoms. The molecule has 0 bridgehead atoms. The number of benzene rings is 3. The molecule has 0 N–H and O–H groups in total. The molecule has 4 rings (SSSR count). The fourth-order valence-corrected chi connectivity index (χ4v) is 4.62. The van der Waals surface area contributed by atoms with E-state index in [0.29, 0.717) is 27.1 Å². The Morgan fingerprint density at radius 2 is 1.91 bits per heavy atom. The molecule has 1 aliphatic rings. The molecule has 0 fully saturated rings. The maximum absolute atomic E-state index is 12.4. The summed E-state index contributed by atoms with van der Waals surface area (Å²) in [7, 11) is 1.56. The van der Waals surface area contributed by atoms with E-state index < -0.39 is 5.97 Å². The highest BCUT2D eigenvalue weighted by atomic mass is 127. The van der Waals surface area contributed by atoms with Crippen LogP contribution in [0.4, 0.5) is 0 Å². The standard InChI is InChI=1S/C24H15BrCl2INO4/c1-31-21-11-14(9-19(28)22(21)32-12-13-6-7-17(26)18(27)8-13)10-20-24(30)33-23(29-20)15-4-2-3-5-16(15)25/h2-11H,12H2,1H3/b20-10-. The van der Waals surface area contributed by atoms with Crippen molar-refractivity contribution in [3.63, 3.8) is 0 Å². The van der Waals surface area contributed by atoms with Crippen LogP contribution in [0.2, 0.25) is 10.0 Å². The summed E-state index contributed by atoms with van der Waals surface area (Å²) >= 11 is 17.7. The molecule has 0 saturated heterocycles. The molecule has 3 aromatic carbocycles. The maximum Gasteiger partial charge on any atom is 0.363 e. The van der Waals surface area contributed by atoms with E-state index in [2.05, 4.69) is 43.5 Å². The Morgan fingerprint density at radius 3 is 2.64 bits per heavy atom. The smallest absolute Gasteiger partial charge is 0.363 e. The summed E-state index contributed by atoms with van der Waals surface area (Å²) in [5, 5.41) is 0.952. The minimum atomic E-state index is -0.519. The summed E-state index contributed by atoms with van der Waals surface area (Å²) in [5.41, 5.74) is 2.49. The first-order valence-corrected chi connectivity index (χ1v) is 12.2. The number of nitrogens with zero attached hydrogens (tertiary/aromatic N) is 1. The fraction of sp³-hybridized carbons (Fsp3) is 0.0833. The van der Waals surface area contributed by atoms with E-state index in [4.69, 9.17) is 37.4 Å². The number of hydrogen-bond acceptors (Lipinski definition) is 5. The zero-order valence-electron chi connectivity index (χ0n) is 17.1. The lowest BCUT2D eigenvalue weighted by Gasteiger charge is -2.14. The molecule has 0 aromatic heterocycles. The van der Waals surface area contributed by atoms with Gasteiger partial charge in [-0.15, -0.1) is 0 Å². The number of hydrogen-bond donors (Lipinski definition) is 0. The molecule has 0 amide bonds. The number of carbonyl (C=O) groups is 1. The highest BCUT2D eigenvalue weighted by molar-refractivity contribution is 14.1. The average Bonchev–Trinajstić information content (AvgIpc) is 3.15. The van der Waals surface area contributed by atoms with Gasteiger partial charge in [-0.3, -0.25) is 0 Å². The second-order valence-electron chi connectivity index (χ2n) is 6.89. The van der Waals surface area contributed by atoms with E-state index in [1.807, 2.05) is 36.4 Å². The number of methoxy groups -OCH3 is 1. The van der Waals surface area contributed by atoms with Crippen LogP contribution in [-0.2, 0) is 16.1 Å². The topological polar surface area (TPSA) is 57.1 Å². The molecule has 0 atom stereocenters. The largest absolute Gasteiger partial charge is 0.493 e. The van der Waals surface area contributed by atoms with Crippen LogP contribution in [0.1, 0.15) is 16.7 Å². The van der Waals surface area contributed by atoms with E-state index >= 15 is 0 Å². The summed E-state index contributed by atoms with van der Waals surface area (Å²) in [5.74, 6) is 0.838. The van der Waals surface area contributed by atoms with Gasteiger partial charge in [0.1, 0.15) is 6.61 Å². The van der Waals surface area contributed by atoms with Crippen LogP contribution in [-0.4, -0.2) is 19.0 Å². The highest BCUT2D eigenvalue weighted by Crippen LogP contribution is 2.36. The van der Waals surface area contributed by atoms with E-state index in [-0.39, 0.29) is 18.2 Å². The van der Waals surface area contributed by atoms with Crippen molar-refractivity contribution in [2.75, 3.05) is 7.11 Å². The van der Waals surface area contributed by atoms with Crippen LogP contribution in [0.3, 0.4) is 0 Å². The van der Waals surface area contributed by atoms with Crippen LogP contribution >= 0.6 is 61.7 Å². The zero-order valence-corrected chi connectivity index (χ0v) is 22.3. The average molecular weight is 659 g/mol. The van der Waals surface area contributed by atoms with Gasteiger partial charge in [-0.1, -0.05) is 41.4 Å². The fourth-order valence-electron chi connectivity index (χ4n) is 3.06. The SMILES string of the molecule is COc1cc(/C=C2\N=C(c3ccccc3Br)OC2=O)cc(I)c1OCc1ccc(Cl)c(Cl)c1. The van der Waals surface area contributed by atoms with Gasteiger partial charge in [0.05, 0.1) is 26.3 Å². The Kier molecular flexibility index (Phi) is 7.63. The number of carbonyl (C=O) groups excluding carboxylic acids is 1. The number of ether oxygens (including phenoxy) is 3. The monoisotopic (exact) mass is 657 g/mol. The molecule has 0 radical (unpaired) electrons. The summed E-state index contributed by atoms with van der Waals surface area (Å²) in [4.78, 5) is 16.8. The second kappa shape index (κ2) is 10.5. The Bertz CT molecular complexity index is 1310. The summed E-state index contributed by atoms with van der Waals surface area (Å²) < 4.78 is 18.5. The molecule has 0 aliphatic carbocycles. The van der Waals surface area contributed by atoms with Gasteiger partial charge in [0.2, 0.25) is 5.90 Å². The van der Waals surface area contributed by atoms with Crippen LogP contribution in [0.15, 0.2) is 69.8 Å². The molecule has 33 heavy (non-hydrogen) atoms. The van der Waals surface area contributed by atoms with Gasteiger partial charge < -0.3 is 14.2 Å². The highest BCUT2D eigenvalue weighted by Gasteiger charge is 2.25. The lowest BCUT2D eigenvalue weighted by molar-refractivity contribution is -0.129. The Balaban J connectivity index is 1.59. The third kappa shape index (κ3) is 5.54. The van der Waals surface area contributed by atoms with Crippen molar-refractivity contribution in [2.24, 2.45) is 4.99 Å². The van der Waals surface area contributed by atoms with E-state index in [9.17, 15) is 4.79 Å². The molecule has 3 aromatic rings. The van der Waals surface area contributed by atoms with Crippen LogP contribution in [0.25, 0.3) is 6.08 Å². The maximum atomic E-state index is 12.4. The van der Waals surface area contributed by atoms with Crippen molar-refractivity contribution in [1.82, 2.24) is 0 Å². The van der Waals surface area contributed by atoms with Gasteiger partial charge in [0, 0.05) is 4.47 Å². The third-order valence-electron chi connectivity index (χ3n) is 4.65. The van der Waals surface area contributed by atoms with E-state index in [1.165, 1.54) is 0 Å². The van der Waals surface area contributed by atoms with Crippen molar-refractivity contribution < 1.29 is 19.0 Å². The van der Waals surface area contributed by atoms with Crippen molar-refractivity contribution in [1.29, 1.82) is 0 Å². The summed E-state index contributed by atoms with van der Waals surface area (Å²) in [6.07, 6.45) is 1.65. The number of esters is 1. The predicted octanol–water partition coefficient (Wildman–Crippen LogP) is 7.29. The van der Waals surface area contributed by atoms with Crippen LogP contribution in [0, 0.1) is 3.57 Å². The van der Waals surface area contributed by atoms with E-state index in [1.54, 1.807) is 31.4 Å².